The van der Waals surface area contributed by atoms with E-state index < -0.39 is 0 Å². The predicted molar refractivity (Wildman–Crippen MR) is 90.3 cm³/mol. The topological polar surface area (TPSA) is 71.6 Å². The molecule has 2 heterocycles. The molecule has 0 bridgehead atoms. The van der Waals surface area contributed by atoms with Crippen LogP contribution in [0, 0.1) is 0 Å². The number of carbonyl (C=O) groups excluding carboxylic acids is 1. The highest BCUT2D eigenvalue weighted by Gasteiger charge is 2.52. The molecular formula is C18H26N2O4. The number of nitrogens with one attached hydrogen (secondary N) is 1. The van der Waals surface area contributed by atoms with Gasteiger partial charge in [-0.15, -0.1) is 0 Å². The summed E-state index contributed by atoms with van der Waals surface area (Å²) in [4.78, 5) is 29.5. The number of aromatic amines is 1. The van der Waals surface area contributed by atoms with Gasteiger partial charge < -0.3 is 19.4 Å². The summed E-state index contributed by atoms with van der Waals surface area (Å²) in [5.41, 5.74) is 0.733. The summed E-state index contributed by atoms with van der Waals surface area (Å²) in [6, 6.07) is 3.18. The van der Waals surface area contributed by atoms with Crippen molar-refractivity contribution in [2.75, 3.05) is 20.8 Å². The molecule has 1 N–H and O–H groups in total. The van der Waals surface area contributed by atoms with Crippen molar-refractivity contribution in [2.24, 2.45) is 0 Å². The van der Waals surface area contributed by atoms with E-state index in [1.807, 2.05) is 11.8 Å². The van der Waals surface area contributed by atoms with Gasteiger partial charge in [0.1, 0.15) is 0 Å². The van der Waals surface area contributed by atoms with Crippen LogP contribution in [0.3, 0.4) is 0 Å². The Labute approximate surface area is 142 Å². The number of nitrogens with zero attached hydrogens (tertiary/aromatic N) is 1. The number of aryl methyl sites for hydroxylation is 1. The predicted octanol–water partition coefficient (Wildman–Crippen LogP) is 1.74. The van der Waals surface area contributed by atoms with Gasteiger partial charge in [0.15, 0.2) is 0 Å². The van der Waals surface area contributed by atoms with Crippen molar-refractivity contribution in [1.82, 2.24) is 9.88 Å². The van der Waals surface area contributed by atoms with E-state index in [0.29, 0.717) is 18.5 Å². The van der Waals surface area contributed by atoms with E-state index in [9.17, 15) is 9.59 Å². The third-order valence-electron chi connectivity index (χ3n) is 5.66. The lowest BCUT2D eigenvalue weighted by Crippen LogP contribution is -2.53. The summed E-state index contributed by atoms with van der Waals surface area (Å²) in [5, 5.41) is 0. The van der Waals surface area contributed by atoms with Crippen LogP contribution in [0.1, 0.15) is 48.7 Å². The number of fused-ring (bicyclic) bond motifs is 1. The average molecular weight is 334 g/mol. The second-order valence-electron chi connectivity index (χ2n) is 6.78. The molecule has 6 nitrogen and oxygen atoms in total. The van der Waals surface area contributed by atoms with Crippen molar-refractivity contribution in [3.8, 4) is 0 Å². The molecule has 1 amide bonds. The zero-order valence-electron chi connectivity index (χ0n) is 14.6. The van der Waals surface area contributed by atoms with E-state index in [4.69, 9.17) is 9.47 Å². The third-order valence-corrected chi connectivity index (χ3v) is 5.66. The van der Waals surface area contributed by atoms with E-state index in [-0.39, 0.29) is 29.2 Å². The minimum Gasteiger partial charge on any atom is -0.381 e. The van der Waals surface area contributed by atoms with E-state index in [0.717, 1.165) is 31.4 Å². The highest BCUT2D eigenvalue weighted by Crippen LogP contribution is 2.43. The van der Waals surface area contributed by atoms with Gasteiger partial charge in [0, 0.05) is 38.1 Å². The molecule has 0 radical (unpaired) electrons. The highest BCUT2D eigenvalue weighted by molar-refractivity contribution is 5.94. The van der Waals surface area contributed by atoms with Crippen molar-refractivity contribution in [3.05, 3.63) is 33.7 Å². The molecule has 132 valence electrons. The smallest absolute Gasteiger partial charge is 0.254 e. The average Bonchev–Trinajstić information content (AvgIpc) is 2.99. The van der Waals surface area contributed by atoms with Gasteiger partial charge in [0.25, 0.3) is 5.91 Å². The van der Waals surface area contributed by atoms with Gasteiger partial charge in [-0.25, -0.2) is 0 Å². The molecule has 1 saturated heterocycles. The van der Waals surface area contributed by atoms with E-state index in [1.54, 1.807) is 20.3 Å². The maximum absolute atomic E-state index is 13.1. The molecule has 1 aromatic rings. The summed E-state index contributed by atoms with van der Waals surface area (Å²) in [7, 11) is 3.45. The lowest BCUT2D eigenvalue weighted by atomic mass is 9.79. The Hall–Kier alpha value is -1.66. The molecule has 24 heavy (non-hydrogen) atoms. The molecule has 3 rings (SSSR count). The number of likely N-dealkylation sites (tertiary alicyclic amines) is 1. The zero-order valence-corrected chi connectivity index (χ0v) is 14.6. The standard InChI is InChI=1S/C18H26N2O4/c1-4-13-9-12(10-16(21)19-13)17(22)20-8-7-18(24-3)6-5-14(23-2)11-15(18)20/h9-10,14-15H,4-8,11H2,1-3H3,(H,19,21)/t14-,15-,18+/m0/s1. The maximum atomic E-state index is 13.1. The monoisotopic (exact) mass is 334 g/mol. The largest absolute Gasteiger partial charge is 0.381 e. The first-order valence-electron chi connectivity index (χ1n) is 8.65. The second-order valence-corrected chi connectivity index (χ2v) is 6.78. The number of amides is 1. The minimum atomic E-state index is -0.278. The SMILES string of the molecule is CCc1cc(C(=O)N2CC[C@]3(OC)CC[C@H](OC)C[C@H]23)cc(=O)[nH]1. The second kappa shape index (κ2) is 6.69. The Morgan fingerprint density at radius 1 is 1.38 bits per heavy atom. The van der Waals surface area contributed by atoms with Crippen molar-refractivity contribution in [1.29, 1.82) is 0 Å². The van der Waals surface area contributed by atoms with Crippen LogP contribution >= 0.6 is 0 Å². The Balaban J connectivity index is 1.90. The fourth-order valence-corrected chi connectivity index (χ4v) is 4.20. The van der Waals surface area contributed by atoms with Crippen LogP contribution in [0.25, 0.3) is 0 Å². The first-order valence-corrected chi connectivity index (χ1v) is 8.65. The lowest BCUT2D eigenvalue weighted by molar-refractivity contribution is -0.0893. The molecule has 1 saturated carbocycles. The van der Waals surface area contributed by atoms with Crippen LogP contribution in [0.4, 0.5) is 0 Å². The van der Waals surface area contributed by atoms with Crippen LogP contribution in [0.2, 0.25) is 0 Å². The molecule has 2 fully saturated rings. The van der Waals surface area contributed by atoms with Gasteiger partial charge in [-0.3, -0.25) is 9.59 Å². The van der Waals surface area contributed by atoms with Crippen LogP contribution in [-0.4, -0.2) is 54.3 Å². The number of carbonyl (C=O) groups is 1. The van der Waals surface area contributed by atoms with Crippen LogP contribution in [-0.2, 0) is 15.9 Å². The quantitative estimate of drug-likeness (QED) is 0.910. The van der Waals surface area contributed by atoms with Crippen LogP contribution in [0.15, 0.2) is 16.9 Å². The molecular weight excluding hydrogens is 308 g/mol. The fraction of sp³-hybridized carbons (Fsp3) is 0.667. The van der Waals surface area contributed by atoms with Crippen molar-refractivity contribution in [3.63, 3.8) is 0 Å². The Bertz CT molecular complexity index is 671. The number of H-pyrrole nitrogens is 1. The molecule has 1 aliphatic heterocycles. The minimum absolute atomic E-state index is 0.00179. The number of rotatable bonds is 4. The fourth-order valence-electron chi connectivity index (χ4n) is 4.20. The lowest BCUT2D eigenvalue weighted by Gasteiger charge is -2.43. The van der Waals surface area contributed by atoms with Gasteiger partial charge in [-0.1, -0.05) is 6.92 Å². The van der Waals surface area contributed by atoms with Crippen molar-refractivity contribution in [2.45, 2.75) is 56.8 Å². The van der Waals surface area contributed by atoms with E-state index >= 15 is 0 Å². The first kappa shape index (κ1) is 17.2. The molecule has 1 aromatic heterocycles. The van der Waals surface area contributed by atoms with Crippen LogP contribution in [0.5, 0.6) is 0 Å². The summed E-state index contributed by atoms with van der Waals surface area (Å²) >= 11 is 0. The number of aromatic nitrogens is 1. The zero-order chi connectivity index (χ0) is 17.3. The number of ether oxygens (including phenoxy) is 2. The summed E-state index contributed by atoms with van der Waals surface area (Å²) in [6.45, 7) is 2.61. The summed E-state index contributed by atoms with van der Waals surface area (Å²) in [5.74, 6) is -0.0866. The maximum Gasteiger partial charge on any atom is 0.254 e. The summed E-state index contributed by atoms with van der Waals surface area (Å²) in [6.07, 6.45) is 4.30. The van der Waals surface area contributed by atoms with E-state index in [2.05, 4.69) is 4.98 Å². The summed E-state index contributed by atoms with van der Waals surface area (Å²) < 4.78 is 11.4. The van der Waals surface area contributed by atoms with Gasteiger partial charge in [-0.2, -0.15) is 0 Å². The number of hydrogen-bond donors (Lipinski definition) is 1. The number of pyridine rings is 1. The Morgan fingerprint density at radius 3 is 2.83 bits per heavy atom. The van der Waals surface area contributed by atoms with Crippen molar-refractivity contribution >= 4 is 5.91 Å². The highest BCUT2D eigenvalue weighted by atomic mass is 16.5. The first-order chi connectivity index (χ1) is 11.5. The molecule has 3 atom stereocenters. The molecule has 6 heteroatoms. The molecule has 0 unspecified atom stereocenters. The van der Waals surface area contributed by atoms with Crippen LogP contribution < -0.4 is 5.56 Å². The molecule has 1 aliphatic carbocycles. The molecule has 0 spiro atoms. The van der Waals surface area contributed by atoms with Gasteiger partial charge in [0.2, 0.25) is 5.56 Å². The molecule has 0 aromatic carbocycles. The molecule has 2 aliphatic rings. The number of hydrogen-bond acceptors (Lipinski definition) is 4. The normalized spacial score (nSPS) is 29.5. The van der Waals surface area contributed by atoms with Gasteiger partial charge in [0.05, 0.1) is 17.7 Å². The Morgan fingerprint density at radius 2 is 2.17 bits per heavy atom. The number of methoxy groups -OCH3 is 2. The third kappa shape index (κ3) is 2.89. The van der Waals surface area contributed by atoms with Gasteiger partial charge in [-0.05, 0) is 38.2 Å². The van der Waals surface area contributed by atoms with Gasteiger partial charge >= 0.3 is 0 Å². The van der Waals surface area contributed by atoms with E-state index in [1.165, 1.54) is 6.07 Å². The van der Waals surface area contributed by atoms with Crippen molar-refractivity contribution < 1.29 is 14.3 Å². The Kier molecular flexibility index (Phi) is 4.78.